The molecule has 124 valence electrons. The van der Waals surface area contributed by atoms with E-state index in [1.807, 2.05) is 30.9 Å². The van der Waals surface area contributed by atoms with E-state index in [4.69, 9.17) is 4.74 Å². The van der Waals surface area contributed by atoms with E-state index in [-0.39, 0.29) is 0 Å². The number of likely N-dealkylation sites (tertiary alicyclic amines) is 1. The third kappa shape index (κ3) is 4.62. The lowest BCUT2D eigenvalue weighted by Crippen LogP contribution is -2.34. The van der Waals surface area contributed by atoms with Gasteiger partial charge in [-0.05, 0) is 49.9 Å². The molecule has 5 heteroatoms. The molecule has 0 aromatic carbocycles. The summed E-state index contributed by atoms with van der Waals surface area (Å²) in [7, 11) is 1.74. The number of aromatic nitrogens is 3. The Morgan fingerprint density at radius 3 is 2.87 bits per heavy atom. The van der Waals surface area contributed by atoms with Crippen LogP contribution in [0.25, 0.3) is 0 Å². The van der Waals surface area contributed by atoms with Crippen LogP contribution in [0.4, 0.5) is 0 Å². The van der Waals surface area contributed by atoms with Crippen molar-refractivity contribution >= 4 is 0 Å². The molecule has 5 nitrogen and oxygen atoms in total. The van der Waals surface area contributed by atoms with Gasteiger partial charge >= 0.3 is 0 Å². The number of hydrogen-bond acceptors (Lipinski definition) is 4. The number of ether oxygens (including phenoxy) is 1. The van der Waals surface area contributed by atoms with Crippen LogP contribution in [0.2, 0.25) is 0 Å². The molecule has 2 aromatic heterocycles. The number of pyridine rings is 1. The predicted octanol–water partition coefficient (Wildman–Crippen LogP) is 2.38. The quantitative estimate of drug-likeness (QED) is 0.787. The van der Waals surface area contributed by atoms with Gasteiger partial charge in [0, 0.05) is 38.4 Å². The van der Waals surface area contributed by atoms with Crippen molar-refractivity contribution in [1.82, 2.24) is 19.4 Å². The van der Waals surface area contributed by atoms with Crippen molar-refractivity contribution in [3.05, 3.63) is 48.3 Å². The first-order chi connectivity index (χ1) is 11.3. The zero-order chi connectivity index (χ0) is 15.9. The Bertz CT molecular complexity index is 576. The van der Waals surface area contributed by atoms with Crippen molar-refractivity contribution in [2.45, 2.75) is 32.4 Å². The van der Waals surface area contributed by atoms with Gasteiger partial charge < -0.3 is 9.30 Å². The topological polar surface area (TPSA) is 43.2 Å². The van der Waals surface area contributed by atoms with E-state index in [1.54, 1.807) is 7.11 Å². The highest BCUT2D eigenvalue weighted by molar-refractivity contribution is 5.09. The molecule has 0 unspecified atom stereocenters. The van der Waals surface area contributed by atoms with Crippen LogP contribution in [0.3, 0.4) is 0 Å². The number of nitrogens with zero attached hydrogens (tertiary/aromatic N) is 4. The lowest BCUT2D eigenvalue weighted by molar-refractivity contribution is 0.165. The van der Waals surface area contributed by atoms with Gasteiger partial charge in [0.05, 0.1) is 13.2 Å². The molecule has 1 aliphatic heterocycles. The maximum absolute atomic E-state index is 5.16. The molecule has 2 aromatic rings. The minimum Gasteiger partial charge on any atom is -0.383 e. The highest BCUT2D eigenvalue weighted by Gasteiger charge is 2.20. The molecule has 0 aliphatic carbocycles. The molecule has 3 heterocycles. The van der Waals surface area contributed by atoms with Crippen molar-refractivity contribution in [2.24, 2.45) is 5.92 Å². The van der Waals surface area contributed by atoms with E-state index >= 15 is 0 Å². The van der Waals surface area contributed by atoms with Crippen LogP contribution in [-0.4, -0.2) is 46.2 Å². The third-order valence-electron chi connectivity index (χ3n) is 4.66. The van der Waals surface area contributed by atoms with Gasteiger partial charge in [0.25, 0.3) is 0 Å². The van der Waals surface area contributed by atoms with Crippen LogP contribution in [0.1, 0.15) is 24.2 Å². The largest absolute Gasteiger partial charge is 0.383 e. The van der Waals surface area contributed by atoms with Gasteiger partial charge in [0.15, 0.2) is 0 Å². The Hall–Kier alpha value is -1.72. The average Bonchev–Trinajstić information content (AvgIpc) is 3.03. The van der Waals surface area contributed by atoms with Gasteiger partial charge in [-0.1, -0.05) is 6.07 Å². The number of imidazole rings is 1. The van der Waals surface area contributed by atoms with Crippen molar-refractivity contribution in [3.63, 3.8) is 0 Å². The van der Waals surface area contributed by atoms with Crippen molar-refractivity contribution < 1.29 is 4.74 Å². The molecule has 1 saturated heterocycles. The summed E-state index contributed by atoms with van der Waals surface area (Å²) in [5.74, 6) is 1.93. The van der Waals surface area contributed by atoms with E-state index in [2.05, 4.69) is 25.5 Å². The fourth-order valence-corrected chi connectivity index (χ4v) is 3.29. The van der Waals surface area contributed by atoms with E-state index in [1.165, 1.54) is 18.4 Å². The molecule has 0 atom stereocenters. The lowest BCUT2D eigenvalue weighted by Gasteiger charge is -2.31. The summed E-state index contributed by atoms with van der Waals surface area (Å²) in [4.78, 5) is 11.2. The Morgan fingerprint density at radius 1 is 1.26 bits per heavy atom. The molecule has 1 fully saturated rings. The van der Waals surface area contributed by atoms with Crippen molar-refractivity contribution in [2.75, 3.05) is 26.8 Å². The predicted molar refractivity (Wildman–Crippen MR) is 90.0 cm³/mol. The summed E-state index contributed by atoms with van der Waals surface area (Å²) >= 11 is 0. The van der Waals surface area contributed by atoms with Crippen LogP contribution in [0.15, 0.2) is 36.9 Å². The first kappa shape index (κ1) is 16.1. The number of piperidine rings is 1. The summed E-state index contributed by atoms with van der Waals surface area (Å²) < 4.78 is 7.36. The van der Waals surface area contributed by atoms with Crippen LogP contribution >= 0.6 is 0 Å². The number of methoxy groups -OCH3 is 1. The van der Waals surface area contributed by atoms with Crippen LogP contribution < -0.4 is 0 Å². The van der Waals surface area contributed by atoms with E-state index < -0.39 is 0 Å². The molecule has 0 N–H and O–H groups in total. The molecule has 0 saturated carbocycles. The summed E-state index contributed by atoms with van der Waals surface area (Å²) in [6, 6.07) is 4.22. The molecule has 0 amide bonds. The van der Waals surface area contributed by atoms with Gasteiger partial charge in [-0.15, -0.1) is 0 Å². The number of hydrogen-bond donors (Lipinski definition) is 0. The number of rotatable bonds is 7. The van der Waals surface area contributed by atoms with Crippen LogP contribution in [0, 0.1) is 5.92 Å². The lowest BCUT2D eigenvalue weighted by atomic mass is 9.91. The standard InChI is InChI=1S/C18H26N4O/c1-23-12-11-22-10-7-20-18(22)15-21-8-4-16(5-9-21)13-17-3-2-6-19-14-17/h2-3,6-7,10,14,16H,4-5,8-9,11-13,15H2,1H3. The minimum absolute atomic E-state index is 0.733. The zero-order valence-corrected chi connectivity index (χ0v) is 13.9. The summed E-state index contributed by atoms with van der Waals surface area (Å²) in [5, 5.41) is 0. The Kier molecular flexibility index (Phi) is 5.77. The Labute approximate surface area is 138 Å². The summed E-state index contributed by atoms with van der Waals surface area (Å²) in [5.41, 5.74) is 1.36. The summed E-state index contributed by atoms with van der Waals surface area (Å²) in [6.45, 7) is 4.86. The van der Waals surface area contributed by atoms with Gasteiger partial charge in [-0.25, -0.2) is 4.98 Å². The smallest absolute Gasteiger partial charge is 0.122 e. The first-order valence-corrected chi connectivity index (χ1v) is 8.45. The zero-order valence-electron chi connectivity index (χ0n) is 13.9. The molecule has 1 aliphatic rings. The van der Waals surface area contributed by atoms with E-state index in [9.17, 15) is 0 Å². The second-order valence-electron chi connectivity index (χ2n) is 6.31. The summed E-state index contributed by atoms with van der Waals surface area (Å²) in [6.07, 6.45) is 11.5. The van der Waals surface area contributed by atoms with E-state index in [0.717, 1.165) is 50.9 Å². The second kappa shape index (κ2) is 8.22. The molecular weight excluding hydrogens is 288 g/mol. The molecule has 3 rings (SSSR count). The highest BCUT2D eigenvalue weighted by Crippen LogP contribution is 2.22. The van der Waals surface area contributed by atoms with E-state index in [0.29, 0.717) is 0 Å². The fourth-order valence-electron chi connectivity index (χ4n) is 3.29. The van der Waals surface area contributed by atoms with Crippen LogP contribution in [0.5, 0.6) is 0 Å². The average molecular weight is 314 g/mol. The minimum atomic E-state index is 0.733. The fraction of sp³-hybridized carbons (Fsp3) is 0.556. The Morgan fingerprint density at radius 2 is 2.13 bits per heavy atom. The second-order valence-corrected chi connectivity index (χ2v) is 6.31. The van der Waals surface area contributed by atoms with Gasteiger partial charge in [-0.3, -0.25) is 9.88 Å². The van der Waals surface area contributed by atoms with Crippen molar-refractivity contribution in [1.29, 1.82) is 0 Å². The molecule has 23 heavy (non-hydrogen) atoms. The maximum atomic E-state index is 5.16. The highest BCUT2D eigenvalue weighted by atomic mass is 16.5. The SMILES string of the molecule is COCCn1ccnc1CN1CCC(Cc2cccnc2)CC1. The van der Waals surface area contributed by atoms with Gasteiger partial charge in [0.1, 0.15) is 5.82 Å². The normalized spacial score (nSPS) is 16.7. The first-order valence-electron chi connectivity index (χ1n) is 8.45. The molecule has 0 radical (unpaired) electrons. The molecule has 0 spiro atoms. The van der Waals surface area contributed by atoms with Gasteiger partial charge in [-0.2, -0.15) is 0 Å². The Balaban J connectivity index is 1.47. The molecular formula is C18H26N4O. The van der Waals surface area contributed by atoms with Crippen molar-refractivity contribution in [3.8, 4) is 0 Å². The monoisotopic (exact) mass is 314 g/mol. The maximum Gasteiger partial charge on any atom is 0.122 e. The third-order valence-corrected chi connectivity index (χ3v) is 4.66. The van der Waals surface area contributed by atoms with Crippen LogP contribution in [-0.2, 0) is 24.2 Å². The molecule has 0 bridgehead atoms. The van der Waals surface area contributed by atoms with Gasteiger partial charge in [0.2, 0.25) is 0 Å².